The zero-order chi connectivity index (χ0) is 11.4. The van der Waals surface area contributed by atoms with Crippen molar-refractivity contribution in [2.24, 2.45) is 5.73 Å². The van der Waals surface area contributed by atoms with Crippen LogP contribution < -0.4 is 5.73 Å². The molecule has 0 aliphatic rings. The van der Waals surface area contributed by atoms with E-state index in [1.54, 1.807) is 12.1 Å². The first kappa shape index (κ1) is 11.7. The largest absolute Gasteiger partial charge is 0.469 e. The third-order valence-corrected chi connectivity index (χ3v) is 2.17. The van der Waals surface area contributed by atoms with Crippen molar-refractivity contribution in [2.45, 2.75) is 19.4 Å². The van der Waals surface area contributed by atoms with Crippen LogP contribution in [0, 0.1) is 12.7 Å². The average molecular weight is 211 g/mol. The molecule has 0 saturated carbocycles. The Balaban J connectivity index is 2.85. The summed E-state index contributed by atoms with van der Waals surface area (Å²) in [5.41, 5.74) is 6.96. The normalized spacial score (nSPS) is 12.3. The summed E-state index contributed by atoms with van der Waals surface area (Å²) in [6.45, 7) is 1.84. The fraction of sp³-hybridized carbons (Fsp3) is 0.364. The first-order valence-electron chi connectivity index (χ1n) is 4.63. The summed E-state index contributed by atoms with van der Waals surface area (Å²) in [5.74, 6) is -0.833. The first-order valence-corrected chi connectivity index (χ1v) is 4.63. The number of carbonyl (C=O) groups is 1. The zero-order valence-corrected chi connectivity index (χ0v) is 8.79. The Hall–Kier alpha value is -1.42. The number of ether oxygens (including phenoxy) is 1. The van der Waals surface area contributed by atoms with Crippen molar-refractivity contribution < 1.29 is 13.9 Å². The number of hydrogen-bond donors (Lipinski definition) is 1. The van der Waals surface area contributed by atoms with Crippen LogP contribution in [0.1, 0.15) is 23.6 Å². The molecule has 15 heavy (non-hydrogen) atoms. The van der Waals surface area contributed by atoms with Crippen LogP contribution in [0.4, 0.5) is 4.39 Å². The number of rotatable bonds is 3. The highest BCUT2D eigenvalue weighted by Crippen LogP contribution is 2.19. The molecular formula is C11H14FNO2. The van der Waals surface area contributed by atoms with Crippen LogP contribution in [0.5, 0.6) is 0 Å². The predicted octanol–water partition coefficient (Wildman–Crippen LogP) is 1.70. The Morgan fingerprint density at radius 2 is 2.27 bits per heavy atom. The van der Waals surface area contributed by atoms with Crippen LogP contribution in [-0.2, 0) is 9.53 Å². The number of carbonyl (C=O) groups excluding carboxylic acids is 1. The summed E-state index contributed by atoms with van der Waals surface area (Å²) < 4.78 is 17.8. The Bertz CT molecular complexity index is 366. The average Bonchev–Trinajstić information content (AvgIpc) is 2.21. The first-order chi connectivity index (χ1) is 7.04. The van der Waals surface area contributed by atoms with Crippen molar-refractivity contribution in [2.75, 3.05) is 7.11 Å². The number of aryl methyl sites for hydroxylation is 1. The summed E-state index contributed by atoms with van der Waals surface area (Å²) >= 11 is 0. The number of nitrogens with two attached hydrogens (primary N) is 1. The second kappa shape index (κ2) is 4.89. The highest BCUT2D eigenvalue weighted by molar-refractivity contribution is 5.70. The Morgan fingerprint density at radius 3 is 2.87 bits per heavy atom. The molecular weight excluding hydrogens is 197 g/mol. The van der Waals surface area contributed by atoms with Crippen molar-refractivity contribution in [1.29, 1.82) is 0 Å². The fourth-order valence-corrected chi connectivity index (χ4v) is 1.32. The van der Waals surface area contributed by atoms with Gasteiger partial charge in [-0.1, -0.05) is 17.7 Å². The van der Waals surface area contributed by atoms with Crippen molar-refractivity contribution in [3.05, 3.63) is 35.1 Å². The minimum Gasteiger partial charge on any atom is -0.469 e. The molecule has 0 aliphatic heterocycles. The number of methoxy groups -OCH3 is 1. The summed E-state index contributed by atoms with van der Waals surface area (Å²) in [4.78, 5) is 11.0. The molecule has 1 aromatic carbocycles. The molecule has 2 N–H and O–H groups in total. The van der Waals surface area contributed by atoms with Crippen LogP contribution in [0.3, 0.4) is 0 Å². The molecule has 0 bridgehead atoms. The minimum atomic E-state index is -0.655. The summed E-state index contributed by atoms with van der Waals surface area (Å²) in [5, 5.41) is 0. The lowest BCUT2D eigenvalue weighted by atomic mass is 10.0. The molecule has 3 nitrogen and oxygen atoms in total. The van der Waals surface area contributed by atoms with E-state index in [4.69, 9.17) is 5.73 Å². The molecule has 0 saturated heterocycles. The number of benzene rings is 1. The van der Waals surface area contributed by atoms with Gasteiger partial charge in [0.2, 0.25) is 0 Å². The topological polar surface area (TPSA) is 52.3 Å². The van der Waals surface area contributed by atoms with E-state index in [0.717, 1.165) is 5.56 Å². The van der Waals surface area contributed by atoms with Crippen molar-refractivity contribution in [3.8, 4) is 0 Å². The highest BCUT2D eigenvalue weighted by Gasteiger charge is 2.15. The fourth-order valence-electron chi connectivity index (χ4n) is 1.32. The maximum atomic E-state index is 13.3. The monoisotopic (exact) mass is 211 g/mol. The van der Waals surface area contributed by atoms with Gasteiger partial charge in [0.1, 0.15) is 5.82 Å². The molecule has 0 spiro atoms. The third kappa shape index (κ3) is 3.02. The molecule has 0 amide bonds. The lowest BCUT2D eigenvalue weighted by Crippen LogP contribution is -2.17. The van der Waals surface area contributed by atoms with Gasteiger partial charge in [-0.25, -0.2) is 4.39 Å². The van der Waals surface area contributed by atoms with Crippen LogP contribution in [0.25, 0.3) is 0 Å². The maximum absolute atomic E-state index is 13.3. The lowest BCUT2D eigenvalue weighted by Gasteiger charge is -2.12. The number of hydrogen-bond acceptors (Lipinski definition) is 3. The zero-order valence-electron chi connectivity index (χ0n) is 8.79. The number of halogens is 1. The molecule has 4 heteroatoms. The second-order valence-corrected chi connectivity index (χ2v) is 3.41. The molecule has 0 fully saturated rings. The molecule has 0 aliphatic carbocycles. The summed E-state index contributed by atoms with van der Waals surface area (Å²) in [6, 6.07) is 3.99. The van der Waals surface area contributed by atoms with Gasteiger partial charge in [-0.3, -0.25) is 4.79 Å². The van der Waals surface area contributed by atoms with E-state index >= 15 is 0 Å². The van der Waals surface area contributed by atoms with Gasteiger partial charge in [0.25, 0.3) is 0 Å². The van der Waals surface area contributed by atoms with E-state index in [9.17, 15) is 9.18 Å². The van der Waals surface area contributed by atoms with Gasteiger partial charge in [0, 0.05) is 11.6 Å². The third-order valence-electron chi connectivity index (χ3n) is 2.17. The quantitative estimate of drug-likeness (QED) is 0.774. The summed E-state index contributed by atoms with van der Waals surface area (Å²) in [7, 11) is 1.28. The van der Waals surface area contributed by atoms with Gasteiger partial charge in [-0.05, 0) is 13.0 Å². The van der Waals surface area contributed by atoms with Crippen LogP contribution in [0.2, 0.25) is 0 Å². The van der Waals surface area contributed by atoms with Gasteiger partial charge in [0.05, 0.1) is 13.5 Å². The van der Waals surface area contributed by atoms with Gasteiger partial charge in [-0.2, -0.15) is 0 Å². The molecule has 0 unspecified atom stereocenters. The molecule has 1 rings (SSSR count). The van der Waals surface area contributed by atoms with Gasteiger partial charge in [0.15, 0.2) is 0 Å². The Kier molecular flexibility index (Phi) is 3.80. The molecule has 1 atom stereocenters. The van der Waals surface area contributed by atoms with E-state index in [-0.39, 0.29) is 6.42 Å². The highest BCUT2D eigenvalue weighted by atomic mass is 19.1. The van der Waals surface area contributed by atoms with E-state index in [2.05, 4.69) is 4.74 Å². The van der Waals surface area contributed by atoms with Gasteiger partial charge >= 0.3 is 5.97 Å². The number of esters is 1. The van der Waals surface area contributed by atoms with E-state index < -0.39 is 17.8 Å². The molecule has 0 aromatic heterocycles. The van der Waals surface area contributed by atoms with E-state index in [1.807, 2.05) is 6.92 Å². The Morgan fingerprint density at radius 1 is 1.60 bits per heavy atom. The van der Waals surface area contributed by atoms with E-state index in [1.165, 1.54) is 13.2 Å². The van der Waals surface area contributed by atoms with Crippen molar-refractivity contribution in [1.82, 2.24) is 0 Å². The SMILES string of the molecule is COC(=O)C[C@@H](N)c1cc(C)ccc1F. The molecule has 1 aromatic rings. The van der Waals surface area contributed by atoms with Crippen LogP contribution >= 0.6 is 0 Å². The van der Waals surface area contributed by atoms with Gasteiger partial charge < -0.3 is 10.5 Å². The summed E-state index contributed by atoms with van der Waals surface area (Å²) in [6.07, 6.45) is -0.0170. The lowest BCUT2D eigenvalue weighted by molar-refractivity contribution is -0.141. The maximum Gasteiger partial charge on any atom is 0.307 e. The molecule has 0 heterocycles. The van der Waals surface area contributed by atoms with E-state index in [0.29, 0.717) is 5.56 Å². The smallest absolute Gasteiger partial charge is 0.307 e. The standard InChI is InChI=1S/C11H14FNO2/c1-7-3-4-9(12)8(5-7)10(13)6-11(14)15-2/h3-5,10H,6,13H2,1-2H3/t10-/m1/s1. The second-order valence-electron chi connectivity index (χ2n) is 3.41. The minimum absolute atomic E-state index is 0.0170. The van der Waals surface area contributed by atoms with Crippen LogP contribution in [-0.4, -0.2) is 13.1 Å². The Labute approximate surface area is 88.0 Å². The molecule has 0 radical (unpaired) electrons. The molecule has 82 valence electrons. The van der Waals surface area contributed by atoms with Crippen molar-refractivity contribution >= 4 is 5.97 Å². The predicted molar refractivity (Wildman–Crippen MR) is 54.7 cm³/mol. The van der Waals surface area contributed by atoms with Crippen molar-refractivity contribution in [3.63, 3.8) is 0 Å². The van der Waals surface area contributed by atoms with Gasteiger partial charge in [-0.15, -0.1) is 0 Å². The van der Waals surface area contributed by atoms with Crippen LogP contribution in [0.15, 0.2) is 18.2 Å².